The number of halogens is 1. The second kappa shape index (κ2) is 5.93. The van der Waals surface area contributed by atoms with E-state index in [-0.39, 0.29) is 0 Å². The highest BCUT2D eigenvalue weighted by Gasteiger charge is 2.06. The van der Waals surface area contributed by atoms with Crippen LogP contribution in [0.2, 0.25) is 0 Å². The van der Waals surface area contributed by atoms with Crippen LogP contribution in [0.5, 0.6) is 0 Å². The summed E-state index contributed by atoms with van der Waals surface area (Å²) in [5.41, 5.74) is 8.52. The average molecular weight is 307 g/mol. The van der Waals surface area contributed by atoms with Crippen LogP contribution in [-0.4, -0.2) is 23.1 Å². The third-order valence-corrected chi connectivity index (χ3v) is 3.05. The lowest BCUT2D eigenvalue weighted by Gasteiger charge is -2.08. The van der Waals surface area contributed by atoms with Gasteiger partial charge in [0.15, 0.2) is 0 Å². The van der Waals surface area contributed by atoms with Gasteiger partial charge in [-0.1, -0.05) is 28.1 Å². The highest BCUT2D eigenvalue weighted by Crippen LogP contribution is 2.23. The number of benzene rings is 1. The summed E-state index contributed by atoms with van der Waals surface area (Å²) in [5, 5.41) is 3.09. The summed E-state index contributed by atoms with van der Waals surface area (Å²) in [5.74, 6) is 0.615. The largest absolute Gasteiger partial charge is 0.353 e. The zero-order valence-corrected chi connectivity index (χ0v) is 11.7. The van der Waals surface area contributed by atoms with E-state index in [1.807, 2.05) is 37.4 Å². The number of nitrogens with zero attached hydrogens (tertiary/aromatic N) is 2. The van der Waals surface area contributed by atoms with Crippen LogP contribution in [0, 0.1) is 6.92 Å². The minimum atomic E-state index is 0.560. The molecule has 0 aliphatic carbocycles. The van der Waals surface area contributed by atoms with Crippen LogP contribution in [0.15, 0.2) is 34.9 Å². The normalized spacial score (nSPS) is 10.4. The predicted molar refractivity (Wildman–Crippen MR) is 77.4 cm³/mol. The van der Waals surface area contributed by atoms with Crippen molar-refractivity contribution in [2.75, 3.05) is 18.4 Å². The molecule has 0 fully saturated rings. The molecule has 0 saturated carbocycles. The summed E-state index contributed by atoms with van der Waals surface area (Å²) >= 11 is 3.43. The zero-order valence-electron chi connectivity index (χ0n) is 10.2. The lowest BCUT2D eigenvalue weighted by molar-refractivity contribution is 0.986. The molecule has 1 heterocycles. The van der Waals surface area contributed by atoms with Crippen molar-refractivity contribution in [2.24, 2.45) is 5.73 Å². The van der Waals surface area contributed by atoms with Gasteiger partial charge in [-0.05, 0) is 24.6 Å². The molecule has 1 aromatic heterocycles. The molecule has 0 spiro atoms. The van der Waals surface area contributed by atoms with Crippen LogP contribution in [0.25, 0.3) is 11.3 Å². The Morgan fingerprint density at radius 3 is 2.67 bits per heavy atom. The van der Waals surface area contributed by atoms with E-state index >= 15 is 0 Å². The van der Waals surface area contributed by atoms with Gasteiger partial charge in [-0.3, -0.25) is 0 Å². The van der Waals surface area contributed by atoms with Gasteiger partial charge in [0.1, 0.15) is 0 Å². The Morgan fingerprint density at radius 1 is 1.28 bits per heavy atom. The van der Waals surface area contributed by atoms with Crippen LogP contribution in [0.3, 0.4) is 0 Å². The maximum Gasteiger partial charge on any atom is 0.223 e. The monoisotopic (exact) mass is 306 g/mol. The van der Waals surface area contributed by atoms with E-state index in [1.165, 1.54) is 0 Å². The van der Waals surface area contributed by atoms with Crippen molar-refractivity contribution in [1.82, 2.24) is 9.97 Å². The molecule has 3 N–H and O–H groups in total. The molecule has 4 nitrogen and oxygen atoms in total. The first-order chi connectivity index (χ1) is 8.70. The highest BCUT2D eigenvalue weighted by atomic mass is 79.9. The smallest absolute Gasteiger partial charge is 0.223 e. The average Bonchev–Trinajstić information content (AvgIpc) is 2.39. The summed E-state index contributed by atoms with van der Waals surface area (Å²) in [6.07, 6.45) is 1.82. The fourth-order valence-electron chi connectivity index (χ4n) is 1.61. The van der Waals surface area contributed by atoms with Gasteiger partial charge in [-0.15, -0.1) is 0 Å². The second-order valence-corrected chi connectivity index (χ2v) is 4.86. The van der Waals surface area contributed by atoms with Gasteiger partial charge in [0.25, 0.3) is 0 Å². The molecule has 0 unspecified atom stereocenters. The third-order valence-electron chi connectivity index (χ3n) is 2.52. The molecule has 0 saturated heterocycles. The predicted octanol–water partition coefficient (Wildman–Crippen LogP) is 2.59. The van der Waals surface area contributed by atoms with Crippen LogP contribution in [0.4, 0.5) is 5.95 Å². The summed E-state index contributed by atoms with van der Waals surface area (Å²) in [4.78, 5) is 8.75. The van der Waals surface area contributed by atoms with Gasteiger partial charge < -0.3 is 11.1 Å². The molecule has 0 atom stereocenters. The van der Waals surface area contributed by atoms with Crippen molar-refractivity contribution >= 4 is 21.9 Å². The van der Waals surface area contributed by atoms with Gasteiger partial charge in [-0.2, -0.15) is 0 Å². The topological polar surface area (TPSA) is 63.8 Å². The maximum absolute atomic E-state index is 5.45. The molecular formula is C13H15BrN4. The molecule has 0 bridgehead atoms. The quantitative estimate of drug-likeness (QED) is 0.911. The maximum atomic E-state index is 5.45. The van der Waals surface area contributed by atoms with Gasteiger partial charge in [-0.25, -0.2) is 9.97 Å². The van der Waals surface area contributed by atoms with E-state index in [4.69, 9.17) is 5.73 Å². The molecule has 1 aromatic carbocycles. The van der Waals surface area contributed by atoms with E-state index in [0.717, 1.165) is 21.3 Å². The molecule has 0 aliphatic heterocycles. The summed E-state index contributed by atoms with van der Waals surface area (Å²) < 4.78 is 1.06. The highest BCUT2D eigenvalue weighted by molar-refractivity contribution is 9.10. The van der Waals surface area contributed by atoms with E-state index in [0.29, 0.717) is 19.0 Å². The van der Waals surface area contributed by atoms with E-state index < -0.39 is 0 Å². The number of hydrogen-bond donors (Lipinski definition) is 2. The molecule has 94 valence electrons. The van der Waals surface area contributed by atoms with Gasteiger partial charge >= 0.3 is 0 Å². The van der Waals surface area contributed by atoms with Crippen molar-refractivity contribution in [1.29, 1.82) is 0 Å². The van der Waals surface area contributed by atoms with Crippen molar-refractivity contribution in [3.05, 3.63) is 40.5 Å². The number of aryl methyl sites for hydroxylation is 1. The Hall–Kier alpha value is -1.46. The fourth-order valence-corrected chi connectivity index (χ4v) is 1.88. The van der Waals surface area contributed by atoms with Gasteiger partial charge in [0.05, 0.1) is 5.69 Å². The molecule has 2 aromatic rings. The molecule has 5 heteroatoms. The first kappa shape index (κ1) is 13.0. The van der Waals surface area contributed by atoms with Crippen molar-refractivity contribution in [3.63, 3.8) is 0 Å². The molecule has 18 heavy (non-hydrogen) atoms. The minimum absolute atomic E-state index is 0.560. The fraction of sp³-hybridized carbons (Fsp3) is 0.231. The summed E-state index contributed by atoms with van der Waals surface area (Å²) in [7, 11) is 0. The van der Waals surface area contributed by atoms with Crippen molar-refractivity contribution in [3.8, 4) is 11.3 Å². The number of nitrogens with one attached hydrogen (secondary N) is 1. The first-order valence-electron chi connectivity index (χ1n) is 5.74. The summed E-state index contributed by atoms with van der Waals surface area (Å²) in [6.45, 7) is 3.23. The molecule has 2 rings (SSSR count). The van der Waals surface area contributed by atoms with Crippen LogP contribution in [0.1, 0.15) is 5.56 Å². The second-order valence-electron chi connectivity index (χ2n) is 3.95. The zero-order chi connectivity index (χ0) is 13.0. The SMILES string of the molecule is Cc1cnc(NCCN)nc1-c1ccc(Br)cc1. The Morgan fingerprint density at radius 2 is 2.00 bits per heavy atom. The minimum Gasteiger partial charge on any atom is -0.353 e. The lowest BCUT2D eigenvalue weighted by Crippen LogP contribution is -2.15. The number of anilines is 1. The van der Waals surface area contributed by atoms with Gasteiger partial charge in [0.2, 0.25) is 5.95 Å². The standard InChI is InChI=1S/C13H15BrN4/c1-9-8-17-13(16-7-6-15)18-12(9)10-2-4-11(14)5-3-10/h2-5,8H,6-7,15H2,1H3,(H,16,17,18). The van der Waals surface area contributed by atoms with E-state index in [1.54, 1.807) is 0 Å². The molecule has 0 aliphatic rings. The number of aromatic nitrogens is 2. The van der Waals surface area contributed by atoms with E-state index in [2.05, 4.69) is 31.2 Å². The Kier molecular flexibility index (Phi) is 4.28. The summed E-state index contributed by atoms with van der Waals surface area (Å²) in [6, 6.07) is 8.08. The van der Waals surface area contributed by atoms with Crippen LogP contribution >= 0.6 is 15.9 Å². The lowest BCUT2D eigenvalue weighted by atomic mass is 10.1. The Balaban J connectivity index is 2.33. The molecule has 0 amide bonds. The van der Waals surface area contributed by atoms with Crippen molar-refractivity contribution < 1.29 is 0 Å². The Bertz CT molecular complexity index is 525. The number of hydrogen-bond acceptors (Lipinski definition) is 4. The van der Waals surface area contributed by atoms with Crippen LogP contribution in [-0.2, 0) is 0 Å². The Labute approximate surface area is 115 Å². The molecular weight excluding hydrogens is 292 g/mol. The number of nitrogens with two attached hydrogens (primary N) is 1. The third kappa shape index (κ3) is 3.05. The molecule has 0 radical (unpaired) electrons. The first-order valence-corrected chi connectivity index (χ1v) is 6.53. The van der Waals surface area contributed by atoms with Crippen molar-refractivity contribution in [2.45, 2.75) is 6.92 Å². The van der Waals surface area contributed by atoms with Crippen LogP contribution < -0.4 is 11.1 Å². The van der Waals surface area contributed by atoms with Gasteiger partial charge in [0, 0.05) is 29.3 Å². The number of rotatable bonds is 4. The van der Waals surface area contributed by atoms with E-state index in [9.17, 15) is 0 Å².